The number of hydrogen-bond acceptors (Lipinski definition) is 5. The van der Waals surface area contributed by atoms with Crippen LogP contribution >= 0.6 is 0 Å². The van der Waals surface area contributed by atoms with Gasteiger partial charge in [0.2, 0.25) is 0 Å². The summed E-state index contributed by atoms with van der Waals surface area (Å²) in [7, 11) is 5.67. The third-order valence-electron chi connectivity index (χ3n) is 3.69. The summed E-state index contributed by atoms with van der Waals surface area (Å²) in [6.45, 7) is 2.88. The molecule has 0 aliphatic carbocycles. The largest absolute Gasteiger partial charge is 0.497 e. The maximum absolute atomic E-state index is 5.59. The van der Waals surface area contributed by atoms with E-state index >= 15 is 0 Å². The van der Waals surface area contributed by atoms with E-state index in [2.05, 4.69) is 18.3 Å². The number of aromatic nitrogens is 1. The number of anilines is 2. The topological polar surface area (TPSA) is 63.4 Å². The lowest BCUT2D eigenvalue weighted by molar-refractivity contribution is 0.415. The van der Waals surface area contributed by atoms with Crippen molar-refractivity contribution in [3.8, 4) is 5.75 Å². The summed E-state index contributed by atoms with van der Waals surface area (Å²) in [4.78, 5) is 6.77. The SMILES string of the molecule is COc1cc(NC(C)CCCN)c2nc(N(C)C)ccc2c1. The molecule has 2 aromatic rings. The Labute approximate surface area is 132 Å². The van der Waals surface area contributed by atoms with Gasteiger partial charge >= 0.3 is 0 Å². The van der Waals surface area contributed by atoms with Gasteiger partial charge in [0, 0.05) is 31.6 Å². The number of hydrogen-bond donors (Lipinski definition) is 2. The first-order valence-corrected chi connectivity index (χ1v) is 7.68. The monoisotopic (exact) mass is 302 g/mol. The molecule has 0 spiro atoms. The maximum Gasteiger partial charge on any atom is 0.128 e. The molecule has 0 aliphatic heterocycles. The van der Waals surface area contributed by atoms with Crippen LogP contribution in [0.4, 0.5) is 11.5 Å². The summed E-state index contributed by atoms with van der Waals surface area (Å²) >= 11 is 0. The van der Waals surface area contributed by atoms with Crippen molar-refractivity contribution in [2.75, 3.05) is 38.0 Å². The molecular formula is C17H26N4O. The molecule has 0 saturated heterocycles. The molecule has 22 heavy (non-hydrogen) atoms. The van der Waals surface area contributed by atoms with Crippen molar-refractivity contribution < 1.29 is 4.74 Å². The second-order valence-corrected chi connectivity index (χ2v) is 5.79. The number of nitrogens with one attached hydrogen (secondary N) is 1. The molecule has 1 atom stereocenters. The van der Waals surface area contributed by atoms with Crippen molar-refractivity contribution in [3.05, 3.63) is 24.3 Å². The first-order valence-electron chi connectivity index (χ1n) is 7.68. The van der Waals surface area contributed by atoms with Gasteiger partial charge in [0.05, 0.1) is 18.3 Å². The number of ether oxygens (including phenoxy) is 1. The molecule has 120 valence electrons. The predicted molar refractivity (Wildman–Crippen MR) is 94.0 cm³/mol. The highest BCUT2D eigenvalue weighted by Gasteiger charge is 2.10. The zero-order chi connectivity index (χ0) is 16.1. The molecule has 0 saturated carbocycles. The van der Waals surface area contributed by atoms with Crippen LogP contribution < -0.4 is 20.7 Å². The molecule has 0 radical (unpaired) electrons. The first kappa shape index (κ1) is 16.4. The Bertz CT molecular complexity index is 627. The van der Waals surface area contributed by atoms with Gasteiger partial charge in [-0.05, 0) is 44.5 Å². The summed E-state index contributed by atoms with van der Waals surface area (Å²) in [5.74, 6) is 1.77. The summed E-state index contributed by atoms with van der Waals surface area (Å²) in [5.41, 5.74) is 7.56. The van der Waals surface area contributed by atoms with Crippen LogP contribution in [0.5, 0.6) is 5.75 Å². The fraction of sp³-hybridized carbons (Fsp3) is 0.471. The third kappa shape index (κ3) is 3.80. The van der Waals surface area contributed by atoms with E-state index in [4.69, 9.17) is 15.5 Å². The van der Waals surface area contributed by atoms with Crippen LogP contribution in [0.1, 0.15) is 19.8 Å². The molecule has 2 rings (SSSR count). The molecule has 0 amide bonds. The molecule has 1 aromatic carbocycles. The van der Waals surface area contributed by atoms with Gasteiger partial charge < -0.3 is 20.7 Å². The van der Waals surface area contributed by atoms with Crippen LogP contribution in [0.3, 0.4) is 0 Å². The molecule has 0 fully saturated rings. The standard InChI is InChI=1S/C17H26N4O/c1-12(6-5-9-18)19-15-11-14(22-4)10-13-7-8-16(21(2)3)20-17(13)15/h7-8,10-12,19H,5-6,9,18H2,1-4H3. The highest BCUT2D eigenvalue weighted by atomic mass is 16.5. The summed E-state index contributed by atoms with van der Waals surface area (Å²) in [5, 5.41) is 4.61. The quantitative estimate of drug-likeness (QED) is 0.823. The highest BCUT2D eigenvalue weighted by molar-refractivity contribution is 5.93. The van der Waals surface area contributed by atoms with Crippen LogP contribution in [-0.4, -0.2) is 38.8 Å². The Morgan fingerprint density at radius 2 is 2.09 bits per heavy atom. The van der Waals surface area contributed by atoms with Gasteiger partial charge in [-0.3, -0.25) is 0 Å². The lowest BCUT2D eigenvalue weighted by Crippen LogP contribution is -2.17. The van der Waals surface area contributed by atoms with Crippen LogP contribution in [0.25, 0.3) is 10.9 Å². The summed E-state index contributed by atoms with van der Waals surface area (Å²) in [6.07, 6.45) is 2.04. The smallest absolute Gasteiger partial charge is 0.128 e. The van der Waals surface area contributed by atoms with Gasteiger partial charge in [-0.25, -0.2) is 4.98 Å². The Morgan fingerprint density at radius 3 is 2.73 bits per heavy atom. The predicted octanol–water partition coefficient (Wildman–Crippen LogP) is 2.85. The molecule has 0 bridgehead atoms. The van der Waals surface area contributed by atoms with Gasteiger partial charge in [-0.1, -0.05) is 0 Å². The fourth-order valence-corrected chi connectivity index (χ4v) is 2.44. The van der Waals surface area contributed by atoms with Gasteiger partial charge in [0.1, 0.15) is 11.6 Å². The van der Waals surface area contributed by atoms with Crippen molar-refractivity contribution in [2.45, 2.75) is 25.8 Å². The van der Waals surface area contributed by atoms with Crippen molar-refractivity contribution in [3.63, 3.8) is 0 Å². The summed E-state index contributed by atoms with van der Waals surface area (Å²) < 4.78 is 5.41. The number of rotatable bonds is 7. The number of nitrogens with zero attached hydrogens (tertiary/aromatic N) is 2. The highest BCUT2D eigenvalue weighted by Crippen LogP contribution is 2.30. The lowest BCUT2D eigenvalue weighted by atomic mass is 10.1. The second-order valence-electron chi connectivity index (χ2n) is 5.79. The number of fused-ring (bicyclic) bond motifs is 1. The molecular weight excluding hydrogens is 276 g/mol. The number of pyridine rings is 1. The molecule has 1 unspecified atom stereocenters. The average molecular weight is 302 g/mol. The van der Waals surface area contributed by atoms with Gasteiger partial charge in [-0.2, -0.15) is 0 Å². The first-order chi connectivity index (χ1) is 10.5. The van der Waals surface area contributed by atoms with E-state index in [1.807, 2.05) is 37.2 Å². The van der Waals surface area contributed by atoms with Crippen LogP contribution in [0.2, 0.25) is 0 Å². The van der Waals surface area contributed by atoms with Crippen molar-refractivity contribution in [2.24, 2.45) is 5.73 Å². The Balaban J connectivity index is 2.41. The minimum absolute atomic E-state index is 0.337. The van der Waals surface area contributed by atoms with Crippen LogP contribution in [-0.2, 0) is 0 Å². The van der Waals surface area contributed by atoms with E-state index in [1.165, 1.54) is 0 Å². The van der Waals surface area contributed by atoms with E-state index in [-0.39, 0.29) is 0 Å². The Hall–Kier alpha value is -2.01. The molecule has 5 nitrogen and oxygen atoms in total. The van der Waals surface area contributed by atoms with Crippen molar-refractivity contribution in [1.82, 2.24) is 4.98 Å². The zero-order valence-corrected chi connectivity index (χ0v) is 13.9. The summed E-state index contributed by atoms with van der Waals surface area (Å²) in [6, 6.07) is 8.45. The normalized spacial score (nSPS) is 12.2. The number of benzene rings is 1. The molecule has 5 heteroatoms. The second kappa shape index (κ2) is 7.31. The van der Waals surface area contributed by atoms with Crippen molar-refractivity contribution >= 4 is 22.4 Å². The van der Waals surface area contributed by atoms with Gasteiger partial charge in [-0.15, -0.1) is 0 Å². The van der Waals surface area contributed by atoms with Crippen LogP contribution in [0, 0.1) is 0 Å². The Morgan fingerprint density at radius 1 is 1.32 bits per heavy atom. The lowest BCUT2D eigenvalue weighted by Gasteiger charge is -2.19. The van der Waals surface area contributed by atoms with Crippen LogP contribution in [0.15, 0.2) is 24.3 Å². The Kier molecular flexibility index (Phi) is 5.44. The van der Waals surface area contributed by atoms with E-state index in [9.17, 15) is 0 Å². The molecule has 1 aromatic heterocycles. The molecule has 1 heterocycles. The van der Waals surface area contributed by atoms with E-state index in [1.54, 1.807) is 7.11 Å². The third-order valence-corrected chi connectivity index (χ3v) is 3.69. The number of nitrogens with two attached hydrogens (primary N) is 1. The van der Waals surface area contributed by atoms with E-state index in [0.717, 1.165) is 41.0 Å². The average Bonchev–Trinajstić information content (AvgIpc) is 2.52. The maximum atomic E-state index is 5.59. The number of methoxy groups -OCH3 is 1. The molecule has 3 N–H and O–H groups in total. The molecule has 0 aliphatic rings. The van der Waals surface area contributed by atoms with E-state index < -0.39 is 0 Å². The minimum Gasteiger partial charge on any atom is -0.497 e. The minimum atomic E-state index is 0.337. The van der Waals surface area contributed by atoms with Gasteiger partial charge in [0.15, 0.2) is 0 Å². The van der Waals surface area contributed by atoms with E-state index in [0.29, 0.717) is 12.6 Å². The zero-order valence-electron chi connectivity index (χ0n) is 13.9. The van der Waals surface area contributed by atoms with Crippen molar-refractivity contribution in [1.29, 1.82) is 0 Å². The van der Waals surface area contributed by atoms with Gasteiger partial charge in [0.25, 0.3) is 0 Å². The fourth-order valence-electron chi connectivity index (χ4n) is 2.44.